The number of hydrogen-bond acceptors (Lipinski definition) is 2. The molecule has 0 saturated carbocycles. The molecular formula is C18H30N2. The number of hydrogen-bond donors (Lipinski definition) is 1. The monoisotopic (exact) mass is 274 g/mol. The number of rotatable bonds is 5. The first-order valence-electron chi connectivity index (χ1n) is 8.23. The largest absolute Gasteiger partial charge is 0.323 e. The standard InChI is InChI=1S/C18H30N2/c1-3-5-16-6-4-12-20(13-11-16)14-18(19)17-9-7-15(2)8-10-17/h7-10,16,18H,3-6,11-14,19H2,1-2H3. The minimum Gasteiger partial charge on any atom is -0.323 e. The zero-order chi connectivity index (χ0) is 14.4. The van der Waals surface area contributed by atoms with Gasteiger partial charge in [-0.05, 0) is 50.8 Å². The van der Waals surface area contributed by atoms with Gasteiger partial charge in [0, 0.05) is 12.6 Å². The summed E-state index contributed by atoms with van der Waals surface area (Å²) in [7, 11) is 0. The number of nitrogens with two attached hydrogens (primary N) is 1. The van der Waals surface area contributed by atoms with Crippen LogP contribution >= 0.6 is 0 Å². The molecule has 1 heterocycles. The van der Waals surface area contributed by atoms with Crippen molar-refractivity contribution in [1.29, 1.82) is 0 Å². The lowest BCUT2D eigenvalue weighted by Gasteiger charge is -2.24. The van der Waals surface area contributed by atoms with E-state index in [1.807, 2.05) is 0 Å². The summed E-state index contributed by atoms with van der Waals surface area (Å²) in [6, 6.07) is 8.83. The molecule has 1 aliphatic heterocycles. The summed E-state index contributed by atoms with van der Waals surface area (Å²) in [5.74, 6) is 0.945. The molecule has 2 unspecified atom stereocenters. The molecule has 1 fully saturated rings. The van der Waals surface area contributed by atoms with Gasteiger partial charge >= 0.3 is 0 Å². The van der Waals surface area contributed by atoms with E-state index < -0.39 is 0 Å². The second kappa shape index (κ2) is 7.80. The van der Waals surface area contributed by atoms with Gasteiger partial charge in [0.25, 0.3) is 0 Å². The molecule has 1 aromatic rings. The van der Waals surface area contributed by atoms with Gasteiger partial charge in [0.1, 0.15) is 0 Å². The zero-order valence-electron chi connectivity index (χ0n) is 13.1. The van der Waals surface area contributed by atoms with E-state index in [2.05, 4.69) is 43.0 Å². The second-order valence-corrected chi connectivity index (χ2v) is 6.40. The molecule has 0 radical (unpaired) electrons. The Bertz CT molecular complexity index is 385. The highest BCUT2D eigenvalue weighted by atomic mass is 15.1. The summed E-state index contributed by atoms with van der Waals surface area (Å²) >= 11 is 0. The molecule has 0 spiro atoms. The van der Waals surface area contributed by atoms with E-state index in [4.69, 9.17) is 5.73 Å². The van der Waals surface area contributed by atoms with Crippen molar-refractivity contribution in [2.75, 3.05) is 19.6 Å². The Kier molecular flexibility index (Phi) is 6.06. The third-order valence-electron chi connectivity index (χ3n) is 4.60. The average Bonchev–Trinajstić information content (AvgIpc) is 2.66. The Morgan fingerprint density at radius 2 is 1.95 bits per heavy atom. The summed E-state index contributed by atoms with van der Waals surface area (Å²) in [4.78, 5) is 2.57. The fraction of sp³-hybridized carbons (Fsp3) is 0.667. The molecule has 2 nitrogen and oxygen atoms in total. The van der Waals surface area contributed by atoms with Crippen molar-refractivity contribution in [3.05, 3.63) is 35.4 Å². The van der Waals surface area contributed by atoms with Crippen molar-refractivity contribution >= 4 is 0 Å². The van der Waals surface area contributed by atoms with Gasteiger partial charge in [0.15, 0.2) is 0 Å². The van der Waals surface area contributed by atoms with Crippen LogP contribution < -0.4 is 5.73 Å². The van der Waals surface area contributed by atoms with Gasteiger partial charge in [-0.15, -0.1) is 0 Å². The van der Waals surface area contributed by atoms with E-state index in [1.165, 1.54) is 56.3 Å². The van der Waals surface area contributed by atoms with Crippen molar-refractivity contribution in [3.63, 3.8) is 0 Å². The van der Waals surface area contributed by atoms with Crippen molar-refractivity contribution < 1.29 is 0 Å². The van der Waals surface area contributed by atoms with Gasteiger partial charge < -0.3 is 10.6 Å². The maximum absolute atomic E-state index is 6.38. The molecule has 1 aliphatic rings. The van der Waals surface area contributed by atoms with Crippen molar-refractivity contribution in [2.45, 2.75) is 52.0 Å². The third-order valence-corrected chi connectivity index (χ3v) is 4.60. The molecule has 2 atom stereocenters. The van der Waals surface area contributed by atoms with Crippen LogP contribution in [0.1, 0.15) is 56.2 Å². The van der Waals surface area contributed by atoms with Gasteiger partial charge in [-0.3, -0.25) is 0 Å². The van der Waals surface area contributed by atoms with E-state index in [0.717, 1.165) is 12.5 Å². The van der Waals surface area contributed by atoms with Crippen LogP contribution in [0, 0.1) is 12.8 Å². The van der Waals surface area contributed by atoms with E-state index >= 15 is 0 Å². The van der Waals surface area contributed by atoms with Gasteiger partial charge in [-0.25, -0.2) is 0 Å². The lowest BCUT2D eigenvalue weighted by atomic mass is 9.96. The first-order valence-corrected chi connectivity index (χ1v) is 8.23. The maximum atomic E-state index is 6.38. The molecule has 0 aliphatic carbocycles. The highest BCUT2D eigenvalue weighted by Gasteiger charge is 2.18. The van der Waals surface area contributed by atoms with Crippen LogP contribution in [0.5, 0.6) is 0 Å². The van der Waals surface area contributed by atoms with E-state index in [0.29, 0.717) is 0 Å². The van der Waals surface area contributed by atoms with Crippen LogP contribution in [-0.2, 0) is 0 Å². The molecule has 2 rings (SSSR count). The molecule has 0 amide bonds. The summed E-state index contributed by atoms with van der Waals surface area (Å²) in [5.41, 5.74) is 8.95. The highest BCUT2D eigenvalue weighted by molar-refractivity contribution is 5.24. The summed E-state index contributed by atoms with van der Waals surface area (Å²) in [6.07, 6.45) is 6.83. The Labute approximate surface area is 124 Å². The van der Waals surface area contributed by atoms with Gasteiger partial charge in [-0.1, -0.05) is 49.6 Å². The molecule has 1 aromatic carbocycles. The summed E-state index contributed by atoms with van der Waals surface area (Å²) in [6.45, 7) is 7.87. The van der Waals surface area contributed by atoms with Crippen LogP contribution in [0.2, 0.25) is 0 Å². The molecule has 112 valence electrons. The first kappa shape index (κ1) is 15.5. The average molecular weight is 274 g/mol. The molecule has 2 heteroatoms. The quantitative estimate of drug-likeness (QED) is 0.882. The van der Waals surface area contributed by atoms with Crippen LogP contribution in [0.15, 0.2) is 24.3 Å². The second-order valence-electron chi connectivity index (χ2n) is 6.40. The lowest BCUT2D eigenvalue weighted by Crippen LogP contribution is -2.33. The van der Waals surface area contributed by atoms with Gasteiger partial charge in [-0.2, -0.15) is 0 Å². The maximum Gasteiger partial charge on any atom is 0.0424 e. The van der Waals surface area contributed by atoms with E-state index in [1.54, 1.807) is 0 Å². The number of likely N-dealkylation sites (tertiary alicyclic amines) is 1. The minimum absolute atomic E-state index is 0.151. The molecule has 0 aromatic heterocycles. The Hall–Kier alpha value is -0.860. The minimum atomic E-state index is 0.151. The number of benzene rings is 1. The highest BCUT2D eigenvalue weighted by Crippen LogP contribution is 2.23. The molecule has 2 N–H and O–H groups in total. The lowest BCUT2D eigenvalue weighted by molar-refractivity contribution is 0.263. The fourth-order valence-electron chi connectivity index (χ4n) is 3.30. The van der Waals surface area contributed by atoms with E-state index in [-0.39, 0.29) is 6.04 Å². The predicted octanol–water partition coefficient (Wildman–Crippen LogP) is 3.90. The van der Waals surface area contributed by atoms with E-state index in [9.17, 15) is 0 Å². The van der Waals surface area contributed by atoms with Crippen molar-refractivity contribution in [2.24, 2.45) is 11.7 Å². The molecule has 20 heavy (non-hydrogen) atoms. The van der Waals surface area contributed by atoms with Crippen LogP contribution in [-0.4, -0.2) is 24.5 Å². The summed E-state index contributed by atoms with van der Waals surface area (Å²) < 4.78 is 0. The van der Waals surface area contributed by atoms with Gasteiger partial charge in [0.2, 0.25) is 0 Å². The zero-order valence-corrected chi connectivity index (χ0v) is 13.1. The van der Waals surface area contributed by atoms with Crippen molar-refractivity contribution in [1.82, 2.24) is 4.90 Å². The Morgan fingerprint density at radius 3 is 2.65 bits per heavy atom. The number of nitrogens with zero attached hydrogens (tertiary/aromatic N) is 1. The van der Waals surface area contributed by atoms with Crippen molar-refractivity contribution in [3.8, 4) is 0 Å². The van der Waals surface area contributed by atoms with Crippen LogP contribution in [0.25, 0.3) is 0 Å². The number of aryl methyl sites for hydroxylation is 1. The molecule has 1 saturated heterocycles. The molecule has 0 bridgehead atoms. The third kappa shape index (κ3) is 4.60. The predicted molar refractivity (Wildman–Crippen MR) is 86.8 cm³/mol. The molecular weight excluding hydrogens is 244 g/mol. The summed E-state index contributed by atoms with van der Waals surface area (Å²) in [5, 5.41) is 0. The smallest absolute Gasteiger partial charge is 0.0424 e. The van der Waals surface area contributed by atoms with Crippen LogP contribution in [0.4, 0.5) is 0 Å². The first-order chi connectivity index (χ1) is 9.69. The fourth-order valence-corrected chi connectivity index (χ4v) is 3.30. The topological polar surface area (TPSA) is 29.3 Å². The SMILES string of the molecule is CCCC1CCCN(CC(N)c2ccc(C)cc2)CC1. The van der Waals surface area contributed by atoms with Crippen LogP contribution in [0.3, 0.4) is 0 Å². The normalized spacial score (nSPS) is 22.4. The Morgan fingerprint density at radius 1 is 1.20 bits per heavy atom. The Balaban J connectivity index is 1.85. The van der Waals surface area contributed by atoms with Gasteiger partial charge in [0.05, 0.1) is 0 Å².